The van der Waals surface area contributed by atoms with Crippen molar-refractivity contribution in [2.75, 3.05) is 0 Å². The van der Waals surface area contributed by atoms with E-state index in [1.54, 1.807) is 0 Å². The van der Waals surface area contributed by atoms with Crippen molar-refractivity contribution in [3.63, 3.8) is 0 Å². The molecule has 2 rings (SSSR count). The highest BCUT2D eigenvalue weighted by Crippen LogP contribution is 2.17. The van der Waals surface area contributed by atoms with E-state index < -0.39 is 0 Å². The number of hydrogen-bond acceptors (Lipinski definition) is 3. The number of nitrogens with one attached hydrogen (secondary N) is 1. The van der Waals surface area contributed by atoms with Crippen LogP contribution in [0, 0.1) is 0 Å². The predicted molar refractivity (Wildman–Crippen MR) is 86.1 cm³/mol. The third-order valence-corrected chi connectivity index (χ3v) is 4.50. The van der Waals surface area contributed by atoms with E-state index in [1.807, 2.05) is 36.6 Å². The highest BCUT2D eigenvalue weighted by atomic mass is 79.9. The first-order valence-electron chi connectivity index (χ1n) is 6.12. The molecule has 0 aliphatic carbocycles. The van der Waals surface area contributed by atoms with E-state index in [4.69, 9.17) is 11.6 Å². The SMILES string of the molecule is CC(NC(=O)Cc1nc(CCl)cs1)c1ccc(Br)cc1. The standard InChI is InChI=1S/C14H14BrClN2OS/c1-9(10-2-4-11(15)5-3-10)17-13(19)6-14-18-12(7-16)8-20-14/h2-5,8-9H,6-7H2,1H3,(H,17,19). The molecule has 2 aromatic rings. The van der Waals surface area contributed by atoms with Crippen LogP contribution in [0.1, 0.15) is 29.2 Å². The molecule has 106 valence electrons. The summed E-state index contributed by atoms with van der Waals surface area (Å²) in [6.45, 7) is 1.97. The van der Waals surface area contributed by atoms with Crippen molar-refractivity contribution in [2.45, 2.75) is 25.3 Å². The van der Waals surface area contributed by atoms with E-state index in [0.717, 1.165) is 20.7 Å². The van der Waals surface area contributed by atoms with Crippen molar-refractivity contribution in [3.05, 3.63) is 50.4 Å². The highest BCUT2D eigenvalue weighted by molar-refractivity contribution is 9.10. The molecule has 0 saturated heterocycles. The number of carbonyl (C=O) groups is 1. The van der Waals surface area contributed by atoms with Gasteiger partial charge < -0.3 is 5.32 Å². The second kappa shape index (κ2) is 7.20. The van der Waals surface area contributed by atoms with E-state index in [-0.39, 0.29) is 11.9 Å². The van der Waals surface area contributed by atoms with Gasteiger partial charge in [0.2, 0.25) is 5.91 Å². The van der Waals surface area contributed by atoms with Crippen molar-refractivity contribution in [1.29, 1.82) is 0 Å². The lowest BCUT2D eigenvalue weighted by Gasteiger charge is -2.14. The Labute approximate surface area is 135 Å². The number of aromatic nitrogens is 1. The van der Waals surface area contributed by atoms with E-state index in [9.17, 15) is 4.79 Å². The molecular weight excluding hydrogens is 360 g/mol. The molecule has 1 aromatic carbocycles. The van der Waals surface area contributed by atoms with Crippen LogP contribution in [0.25, 0.3) is 0 Å². The number of halogens is 2. The summed E-state index contributed by atoms with van der Waals surface area (Å²) in [5.74, 6) is 0.351. The van der Waals surface area contributed by atoms with Gasteiger partial charge in [0, 0.05) is 9.85 Å². The Kier molecular flexibility index (Phi) is 5.57. The van der Waals surface area contributed by atoms with Gasteiger partial charge in [-0.15, -0.1) is 22.9 Å². The predicted octanol–water partition coefficient (Wildman–Crippen LogP) is 4.06. The molecule has 1 amide bonds. The molecule has 0 spiro atoms. The van der Waals surface area contributed by atoms with Crippen molar-refractivity contribution >= 4 is 44.8 Å². The third kappa shape index (κ3) is 4.30. The molecule has 1 aromatic heterocycles. The number of amides is 1. The number of rotatable bonds is 5. The average molecular weight is 374 g/mol. The fourth-order valence-corrected chi connectivity index (χ4v) is 3.04. The smallest absolute Gasteiger partial charge is 0.227 e. The minimum atomic E-state index is -0.0316. The molecule has 0 aliphatic heterocycles. The van der Waals surface area contributed by atoms with E-state index >= 15 is 0 Å². The molecule has 1 N–H and O–H groups in total. The Hall–Kier alpha value is -0.910. The number of benzene rings is 1. The molecule has 1 atom stereocenters. The quantitative estimate of drug-likeness (QED) is 0.803. The van der Waals surface area contributed by atoms with Gasteiger partial charge in [0.15, 0.2) is 0 Å². The molecule has 0 fully saturated rings. The molecule has 0 bridgehead atoms. The maximum absolute atomic E-state index is 12.0. The summed E-state index contributed by atoms with van der Waals surface area (Å²) in [6.07, 6.45) is 0.294. The largest absolute Gasteiger partial charge is 0.349 e. The van der Waals surface area contributed by atoms with Crippen LogP contribution >= 0.6 is 38.9 Å². The zero-order valence-electron chi connectivity index (χ0n) is 10.9. The van der Waals surface area contributed by atoms with Gasteiger partial charge in [-0.1, -0.05) is 28.1 Å². The van der Waals surface area contributed by atoms with Crippen LogP contribution in [0.2, 0.25) is 0 Å². The van der Waals surface area contributed by atoms with Gasteiger partial charge in [-0.25, -0.2) is 4.98 Å². The van der Waals surface area contributed by atoms with E-state index in [2.05, 4.69) is 26.2 Å². The van der Waals surface area contributed by atoms with Gasteiger partial charge in [-0.05, 0) is 24.6 Å². The zero-order valence-corrected chi connectivity index (χ0v) is 14.1. The number of hydrogen-bond donors (Lipinski definition) is 1. The summed E-state index contributed by atoms with van der Waals surface area (Å²) in [4.78, 5) is 16.3. The monoisotopic (exact) mass is 372 g/mol. The fourth-order valence-electron chi connectivity index (χ4n) is 1.76. The minimum absolute atomic E-state index is 0.0249. The van der Waals surface area contributed by atoms with Crippen LogP contribution in [0.3, 0.4) is 0 Å². The third-order valence-electron chi connectivity index (χ3n) is 2.80. The number of alkyl halides is 1. The number of carbonyl (C=O) groups excluding carboxylic acids is 1. The second-order valence-electron chi connectivity index (χ2n) is 4.38. The Morgan fingerprint density at radius 1 is 1.45 bits per heavy atom. The lowest BCUT2D eigenvalue weighted by molar-refractivity contribution is -0.121. The lowest BCUT2D eigenvalue weighted by Crippen LogP contribution is -2.28. The van der Waals surface area contributed by atoms with Gasteiger partial charge in [-0.3, -0.25) is 4.79 Å². The summed E-state index contributed by atoms with van der Waals surface area (Å²) in [7, 11) is 0. The van der Waals surface area contributed by atoms with Crippen molar-refractivity contribution in [3.8, 4) is 0 Å². The zero-order chi connectivity index (χ0) is 14.5. The summed E-state index contributed by atoms with van der Waals surface area (Å²) >= 11 is 10.6. The molecule has 3 nitrogen and oxygen atoms in total. The minimum Gasteiger partial charge on any atom is -0.349 e. The second-order valence-corrected chi connectivity index (χ2v) is 6.51. The van der Waals surface area contributed by atoms with Crippen LogP contribution in [0.15, 0.2) is 34.1 Å². The first-order valence-corrected chi connectivity index (χ1v) is 8.33. The molecule has 0 saturated carbocycles. The van der Waals surface area contributed by atoms with Crippen LogP contribution in [0.5, 0.6) is 0 Å². The van der Waals surface area contributed by atoms with Gasteiger partial charge in [-0.2, -0.15) is 0 Å². The van der Waals surface area contributed by atoms with Crippen LogP contribution < -0.4 is 5.32 Å². The summed E-state index contributed by atoms with van der Waals surface area (Å²) in [6, 6.07) is 7.88. The molecule has 0 radical (unpaired) electrons. The molecule has 1 heterocycles. The molecule has 1 unspecified atom stereocenters. The van der Waals surface area contributed by atoms with Crippen LogP contribution in [-0.2, 0) is 17.1 Å². The Balaban J connectivity index is 1.92. The Morgan fingerprint density at radius 3 is 2.75 bits per heavy atom. The normalized spacial score (nSPS) is 12.2. The van der Waals surface area contributed by atoms with E-state index in [1.165, 1.54) is 11.3 Å². The van der Waals surface area contributed by atoms with Gasteiger partial charge in [0.25, 0.3) is 0 Å². The highest BCUT2D eigenvalue weighted by Gasteiger charge is 2.12. The fraction of sp³-hybridized carbons (Fsp3) is 0.286. The molecule has 6 heteroatoms. The van der Waals surface area contributed by atoms with Crippen molar-refractivity contribution in [2.24, 2.45) is 0 Å². The summed E-state index contributed by atoms with van der Waals surface area (Å²) < 4.78 is 1.02. The van der Waals surface area contributed by atoms with E-state index in [0.29, 0.717) is 12.3 Å². The Bertz CT molecular complexity index is 585. The van der Waals surface area contributed by atoms with Gasteiger partial charge >= 0.3 is 0 Å². The van der Waals surface area contributed by atoms with Gasteiger partial charge in [0.05, 0.1) is 24.0 Å². The summed E-state index contributed by atoms with van der Waals surface area (Å²) in [5.41, 5.74) is 1.89. The van der Waals surface area contributed by atoms with Crippen LogP contribution in [0.4, 0.5) is 0 Å². The topological polar surface area (TPSA) is 42.0 Å². The molecule has 0 aliphatic rings. The Morgan fingerprint density at radius 2 is 2.15 bits per heavy atom. The van der Waals surface area contributed by atoms with Gasteiger partial charge in [0.1, 0.15) is 5.01 Å². The maximum Gasteiger partial charge on any atom is 0.227 e. The number of nitrogens with zero attached hydrogens (tertiary/aromatic N) is 1. The first kappa shape index (κ1) is 15.5. The summed E-state index contributed by atoms with van der Waals surface area (Å²) in [5, 5.41) is 5.65. The van der Waals surface area contributed by atoms with Crippen molar-refractivity contribution < 1.29 is 4.79 Å². The van der Waals surface area contributed by atoms with Crippen LogP contribution in [-0.4, -0.2) is 10.9 Å². The van der Waals surface area contributed by atoms with Crippen molar-refractivity contribution in [1.82, 2.24) is 10.3 Å². The average Bonchev–Trinajstić information content (AvgIpc) is 2.86. The molecule has 20 heavy (non-hydrogen) atoms. The molecular formula is C14H14BrClN2OS. The number of thiazole rings is 1. The first-order chi connectivity index (χ1) is 9.58. The maximum atomic E-state index is 12.0. The lowest BCUT2D eigenvalue weighted by atomic mass is 10.1.